The van der Waals surface area contributed by atoms with Crippen LogP contribution in [-0.4, -0.2) is 14.5 Å². The number of hydrogen-bond donors (Lipinski definition) is 0. The Kier molecular flexibility index (Phi) is 3.17. The fourth-order valence-electron chi connectivity index (χ4n) is 3.20. The van der Waals surface area contributed by atoms with Crippen LogP contribution < -0.4 is 5.56 Å². The number of hydrogen-bond acceptors (Lipinski definition) is 4. The lowest BCUT2D eigenvalue weighted by molar-refractivity contribution is 0.240. The fourth-order valence-corrected chi connectivity index (χ4v) is 3.96. The average Bonchev–Trinajstić information content (AvgIpc) is 2.94. The number of fused-ring (bicyclic) bond motifs is 2. The number of aromatic nitrogens is 3. The van der Waals surface area contributed by atoms with Crippen LogP contribution in [0.1, 0.15) is 31.0 Å². The van der Waals surface area contributed by atoms with Crippen molar-refractivity contribution in [3.05, 3.63) is 45.5 Å². The summed E-state index contributed by atoms with van der Waals surface area (Å²) in [4.78, 5) is 23.2. The van der Waals surface area contributed by atoms with Gasteiger partial charge in [0.25, 0.3) is 5.56 Å². The zero-order valence-electron chi connectivity index (χ0n) is 13.6. The van der Waals surface area contributed by atoms with Crippen LogP contribution >= 0.6 is 11.3 Å². The molecule has 0 atom stereocenters. The van der Waals surface area contributed by atoms with Gasteiger partial charge in [0.1, 0.15) is 10.8 Å². The molecule has 1 aromatic carbocycles. The van der Waals surface area contributed by atoms with Gasteiger partial charge in [-0.25, -0.2) is 9.97 Å². The molecule has 118 valence electrons. The third kappa shape index (κ3) is 2.49. The van der Waals surface area contributed by atoms with E-state index in [2.05, 4.69) is 18.8 Å². The summed E-state index contributed by atoms with van der Waals surface area (Å²) >= 11 is 1.66. The Hall–Kier alpha value is -2.01. The SMILES string of the molecule is Cc1cnc(-c2ccc3c(=O)n4c(nc3c2)CCC(C)(C)C4)s1. The maximum absolute atomic E-state index is 12.8. The Bertz CT molecular complexity index is 968. The van der Waals surface area contributed by atoms with Crippen LogP contribution in [0.4, 0.5) is 0 Å². The summed E-state index contributed by atoms with van der Waals surface area (Å²) in [6, 6.07) is 5.87. The van der Waals surface area contributed by atoms with E-state index in [-0.39, 0.29) is 11.0 Å². The number of nitrogens with zero attached hydrogens (tertiary/aromatic N) is 3. The van der Waals surface area contributed by atoms with Gasteiger partial charge >= 0.3 is 0 Å². The van der Waals surface area contributed by atoms with E-state index in [1.807, 2.05) is 35.9 Å². The van der Waals surface area contributed by atoms with Crippen LogP contribution in [0.5, 0.6) is 0 Å². The molecular weight excluding hydrogens is 306 g/mol. The van der Waals surface area contributed by atoms with E-state index in [0.717, 1.165) is 41.3 Å². The minimum absolute atomic E-state index is 0.0830. The molecule has 0 aliphatic carbocycles. The summed E-state index contributed by atoms with van der Waals surface area (Å²) in [5.41, 5.74) is 2.06. The van der Waals surface area contributed by atoms with Crippen molar-refractivity contribution >= 4 is 22.2 Å². The van der Waals surface area contributed by atoms with Crippen LogP contribution in [0.25, 0.3) is 21.5 Å². The minimum atomic E-state index is 0.0830. The number of thiazole rings is 1. The van der Waals surface area contributed by atoms with E-state index in [1.54, 1.807) is 11.3 Å². The van der Waals surface area contributed by atoms with Gasteiger partial charge in [-0.3, -0.25) is 9.36 Å². The molecule has 4 rings (SSSR count). The van der Waals surface area contributed by atoms with Crippen molar-refractivity contribution in [3.63, 3.8) is 0 Å². The fraction of sp³-hybridized carbons (Fsp3) is 0.389. The van der Waals surface area contributed by atoms with Crippen LogP contribution in [0.15, 0.2) is 29.2 Å². The summed E-state index contributed by atoms with van der Waals surface area (Å²) in [6.07, 6.45) is 3.80. The van der Waals surface area contributed by atoms with Gasteiger partial charge in [-0.1, -0.05) is 19.9 Å². The van der Waals surface area contributed by atoms with Crippen molar-refractivity contribution in [2.75, 3.05) is 0 Å². The third-order valence-corrected chi connectivity index (χ3v) is 5.48. The number of benzene rings is 1. The van der Waals surface area contributed by atoms with Crippen molar-refractivity contribution in [2.45, 2.75) is 40.2 Å². The van der Waals surface area contributed by atoms with E-state index in [0.29, 0.717) is 5.39 Å². The summed E-state index contributed by atoms with van der Waals surface area (Å²) in [5.74, 6) is 0.911. The van der Waals surface area contributed by atoms with Gasteiger partial charge in [-0.2, -0.15) is 0 Å². The van der Waals surface area contributed by atoms with Crippen molar-refractivity contribution in [2.24, 2.45) is 5.41 Å². The van der Waals surface area contributed by atoms with Gasteiger partial charge in [0.15, 0.2) is 0 Å². The monoisotopic (exact) mass is 325 g/mol. The van der Waals surface area contributed by atoms with Crippen LogP contribution in [-0.2, 0) is 13.0 Å². The molecule has 0 bridgehead atoms. The first-order chi connectivity index (χ1) is 10.9. The molecule has 0 amide bonds. The Morgan fingerprint density at radius 1 is 1.30 bits per heavy atom. The summed E-state index contributed by atoms with van der Waals surface area (Å²) < 4.78 is 1.86. The Labute approximate surface area is 138 Å². The second kappa shape index (κ2) is 4.99. The maximum atomic E-state index is 12.8. The predicted molar refractivity (Wildman–Crippen MR) is 94.0 cm³/mol. The highest BCUT2D eigenvalue weighted by atomic mass is 32.1. The van der Waals surface area contributed by atoms with Gasteiger partial charge in [0, 0.05) is 29.6 Å². The molecule has 0 saturated carbocycles. The zero-order chi connectivity index (χ0) is 16.2. The zero-order valence-corrected chi connectivity index (χ0v) is 14.4. The Morgan fingerprint density at radius 2 is 2.13 bits per heavy atom. The van der Waals surface area contributed by atoms with Crippen molar-refractivity contribution in [1.29, 1.82) is 0 Å². The molecule has 23 heavy (non-hydrogen) atoms. The molecule has 0 spiro atoms. The highest BCUT2D eigenvalue weighted by Gasteiger charge is 2.27. The lowest BCUT2D eigenvalue weighted by Gasteiger charge is -2.31. The standard InChI is InChI=1S/C18H19N3OS/c1-11-9-19-16(23-11)12-4-5-13-14(8-12)20-15-6-7-18(2,3)10-21(15)17(13)22/h4-5,8-9H,6-7,10H2,1-3H3. The minimum Gasteiger partial charge on any atom is -0.296 e. The highest BCUT2D eigenvalue weighted by molar-refractivity contribution is 7.14. The first kappa shape index (κ1) is 14.6. The van der Waals surface area contributed by atoms with Crippen molar-refractivity contribution in [3.8, 4) is 10.6 Å². The summed E-state index contributed by atoms with van der Waals surface area (Å²) in [5, 5.41) is 1.67. The Balaban J connectivity index is 1.89. The topological polar surface area (TPSA) is 47.8 Å². The molecule has 0 unspecified atom stereocenters. The molecule has 0 radical (unpaired) electrons. The van der Waals surface area contributed by atoms with E-state index >= 15 is 0 Å². The van der Waals surface area contributed by atoms with E-state index in [9.17, 15) is 4.79 Å². The van der Waals surface area contributed by atoms with Gasteiger partial charge in [-0.15, -0.1) is 11.3 Å². The van der Waals surface area contributed by atoms with Gasteiger partial charge in [0.05, 0.1) is 10.9 Å². The molecule has 5 heteroatoms. The normalized spacial score (nSPS) is 16.5. The summed E-state index contributed by atoms with van der Waals surface area (Å²) in [7, 11) is 0. The van der Waals surface area contributed by atoms with E-state index < -0.39 is 0 Å². The van der Waals surface area contributed by atoms with Crippen LogP contribution in [0.3, 0.4) is 0 Å². The van der Waals surface area contributed by atoms with E-state index in [4.69, 9.17) is 4.98 Å². The van der Waals surface area contributed by atoms with Crippen molar-refractivity contribution < 1.29 is 0 Å². The molecule has 3 heterocycles. The maximum Gasteiger partial charge on any atom is 0.261 e. The lowest BCUT2D eigenvalue weighted by atomic mass is 9.85. The smallest absolute Gasteiger partial charge is 0.261 e. The third-order valence-electron chi connectivity index (χ3n) is 4.51. The molecular formula is C18H19N3OS. The van der Waals surface area contributed by atoms with Crippen LogP contribution in [0, 0.1) is 12.3 Å². The quantitative estimate of drug-likeness (QED) is 0.684. The van der Waals surface area contributed by atoms with Crippen molar-refractivity contribution in [1.82, 2.24) is 14.5 Å². The van der Waals surface area contributed by atoms with Gasteiger partial charge in [-0.05, 0) is 30.9 Å². The summed E-state index contributed by atoms with van der Waals surface area (Å²) in [6.45, 7) is 7.21. The molecule has 2 aromatic heterocycles. The van der Waals surface area contributed by atoms with Gasteiger partial charge in [0.2, 0.25) is 0 Å². The first-order valence-corrected chi connectivity index (χ1v) is 8.71. The molecule has 0 saturated heterocycles. The second-order valence-electron chi connectivity index (χ2n) is 7.09. The second-order valence-corrected chi connectivity index (χ2v) is 8.33. The largest absolute Gasteiger partial charge is 0.296 e. The number of aryl methyl sites for hydroxylation is 2. The molecule has 0 N–H and O–H groups in total. The number of rotatable bonds is 1. The Morgan fingerprint density at radius 3 is 2.87 bits per heavy atom. The highest BCUT2D eigenvalue weighted by Crippen LogP contribution is 2.31. The predicted octanol–water partition coefficient (Wildman–Crippen LogP) is 3.80. The van der Waals surface area contributed by atoms with E-state index in [1.165, 1.54) is 4.88 Å². The molecule has 1 aliphatic rings. The molecule has 0 fully saturated rings. The van der Waals surface area contributed by atoms with Gasteiger partial charge < -0.3 is 0 Å². The van der Waals surface area contributed by atoms with Crippen LogP contribution in [0.2, 0.25) is 0 Å². The lowest BCUT2D eigenvalue weighted by Crippen LogP contribution is -2.36. The first-order valence-electron chi connectivity index (χ1n) is 7.89. The molecule has 4 nitrogen and oxygen atoms in total. The molecule has 1 aliphatic heterocycles. The average molecular weight is 325 g/mol. The molecule has 3 aromatic rings.